The molecule has 0 amide bonds. The number of halogens is 2. The van der Waals surface area contributed by atoms with Crippen LogP contribution in [-0.2, 0) is 11.2 Å². The third-order valence-electron chi connectivity index (χ3n) is 3.60. The van der Waals surface area contributed by atoms with Crippen molar-refractivity contribution in [3.63, 3.8) is 0 Å². The molecule has 5 nitrogen and oxygen atoms in total. The molecule has 0 saturated carbocycles. The first kappa shape index (κ1) is 22.6. The first-order valence-electron chi connectivity index (χ1n) is 8.63. The van der Waals surface area contributed by atoms with Gasteiger partial charge in [-0.05, 0) is 62.4 Å². The molecule has 0 atom stereocenters. The minimum Gasteiger partial charge on any atom is -0.493 e. The molecule has 0 aliphatic rings. The Morgan fingerprint density at radius 2 is 1.92 bits per heavy atom. The van der Waals surface area contributed by atoms with Crippen molar-refractivity contribution < 1.29 is 19.4 Å². The van der Waals surface area contributed by atoms with Crippen LogP contribution in [0.2, 0.25) is 0 Å². The van der Waals surface area contributed by atoms with E-state index in [0.717, 1.165) is 41.9 Å². The summed E-state index contributed by atoms with van der Waals surface area (Å²) in [5.41, 5.74) is 2.70. The molecule has 0 aromatic heterocycles. The Bertz CT molecular complexity index is 614. The van der Waals surface area contributed by atoms with Crippen LogP contribution in [0, 0.1) is 6.92 Å². The van der Waals surface area contributed by atoms with Crippen LogP contribution in [0.1, 0.15) is 37.8 Å². The second-order valence-corrected chi connectivity index (χ2v) is 6.84. The number of unbranched alkanes of at least 4 members (excludes halogenated alkanes) is 1. The van der Waals surface area contributed by atoms with E-state index in [1.807, 2.05) is 19.1 Å². The number of hydrogen-bond acceptors (Lipinski definition) is 5. The molecule has 0 heterocycles. The first-order valence-corrected chi connectivity index (χ1v) is 9.39. The molecule has 1 N–H and O–H groups in total. The zero-order chi connectivity index (χ0) is 19.4. The molecule has 1 aromatic rings. The third-order valence-corrected chi connectivity index (χ3v) is 3.91. The zero-order valence-electron chi connectivity index (χ0n) is 15.6. The van der Waals surface area contributed by atoms with E-state index < -0.39 is 0 Å². The topological polar surface area (TPSA) is 60.3 Å². The quantitative estimate of drug-likeness (QED) is 0.223. The highest BCUT2D eigenvalue weighted by Crippen LogP contribution is 2.30. The molecule has 7 heteroatoms. The van der Waals surface area contributed by atoms with E-state index in [9.17, 15) is 0 Å². The molecule has 146 valence electrons. The average Bonchev–Trinajstić information content (AvgIpc) is 2.61. The van der Waals surface area contributed by atoms with Crippen LogP contribution in [0.15, 0.2) is 27.9 Å². The number of rotatable bonds is 12. The van der Waals surface area contributed by atoms with Gasteiger partial charge in [0.1, 0.15) is 22.6 Å². The van der Waals surface area contributed by atoms with E-state index in [0.29, 0.717) is 32.1 Å². The molecule has 0 bridgehead atoms. The van der Waals surface area contributed by atoms with Crippen molar-refractivity contribution in [2.24, 2.45) is 5.16 Å². The van der Waals surface area contributed by atoms with Crippen molar-refractivity contribution in [2.45, 2.75) is 40.0 Å². The SMILES string of the molecule is CCc1cc(OCC=C(Cl)Cl)cc(C)c1OCCCCOCC(C)=NO. The highest BCUT2D eigenvalue weighted by atomic mass is 35.5. The Labute approximate surface area is 165 Å². The highest BCUT2D eigenvalue weighted by molar-refractivity contribution is 6.55. The van der Waals surface area contributed by atoms with Crippen molar-refractivity contribution in [1.29, 1.82) is 0 Å². The van der Waals surface area contributed by atoms with E-state index in [1.54, 1.807) is 13.0 Å². The lowest BCUT2D eigenvalue weighted by Crippen LogP contribution is -2.08. The third kappa shape index (κ3) is 8.79. The van der Waals surface area contributed by atoms with Gasteiger partial charge in [-0.2, -0.15) is 0 Å². The number of hydrogen-bond donors (Lipinski definition) is 1. The summed E-state index contributed by atoms with van der Waals surface area (Å²) in [5, 5.41) is 11.6. The minimum absolute atomic E-state index is 0.195. The van der Waals surface area contributed by atoms with Gasteiger partial charge < -0.3 is 19.4 Å². The van der Waals surface area contributed by atoms with E-state index in [-0.39, 0.29) is 4.49 Å². The van der Waals surface area contributed by atoms with Crippen LogP contribution in [0.5, 0.6) is 11.5 Å². The number of oxime groups is 1. The number of aryl methyl sites for hydroxylation is 2. The smallest absolute Gasteiger partial charge is 0.125 e. The Balaban J connectivity index is 2.47. The van der Waals surface area contributed by atoms with Gasteiger partial charge in [0.25, 0.3) is 0 Å². The lowest BCUT2D eigenvalue weighted by Gasteiger charge is -2.15. The second kappa shape index (κ2) is 12.8. The van der Waals surface area contributed by atoms with Gasteiger partial charge in [-0.25, -0.2) is 0 Å². The fourth-order valence-electron chi connectivity index (χ4n) is 2.29. The predicted molar refractivity (Wildman–Crippen MR) is 106 cm³/mol. The Morgan fingerprint density at radius 3 is 2.58 bits per heavy atom. The summed E-state index contributed by atoms with van der Waals surface area (Å²) in [6.45, 7) is 7.71. The van der Waals surface area contributed by atoms with Crippen LogP contribution >= 0.6 is 23.2 Å². The van der Waals surface area contributed by atoms with Gasteiger partial charge in [-0.3, -0.25) is 0 Å². The molecule has 0 aliphatic heterocycles. The van der Waals surface area contributed by atoms with E-state index in [1.165, 1.54) is 0 Å². The van der Waals surface area contributed by atoms with Crippen LogP contribution < -0.4 is 9.47 Å². The molecule has 0 saturated heterocycles. The van der Waals surface area contributed by atoms with Gasteiger partial charge >= 0.3 is 0 Å². The fraction of sp³-hybridized carbons (Fsp3) is 0.526. The molecule has 1 aromatic carbocycles. The fourth-order valence-corrected chi connectivity index (χ4v) is 2.42. The van der Waals surface area contributed by atoms with Crippen molar-refractivity contribution in [3.05, 3.63) is 33.8 Å². The van der Waals surface area contributed by atoms with Crippen LogP contribution in [0.25, 0.3) is 0 Å². The summed E-state index contributed by atoms with van der Waals surface area (Å²) in [5.74, 6) is 1.68. The molecule has 0 aliphatic carbocycles. The Hall–Kier alpha value is -1.43. The van der Waals surface area contributed by atoms with Crippen LogP contribution in [0.3, 0.4) is 0 Å². The minimum atomic E-state index is 0.195. The predicted octanol–water partition coefficient (Wildman–Crippen LogP) is 5.28. The highest BCUT2D eigenvalue weighted by Gasteiger charge is 2.09. The lowest BCUT2D eigenvalue weighted by atomic mass is 10.1. The molecule has 0 radical (unpaired) electrons. The summed E-state index contributed by atoms with van der Waals surface area (Å²) in [6, 6.07) is 3.93. The maximum absolute atomic E-state index is 8.53. The maximum atomic E-state index is 8.53. The van der Waals surface area contributed by atoms with Gasteiger partial charge in [0, 0.05) is 6.61 Å². The molecule has 1 rings (SSSR count). The molecule has 0 unspecified atom stereocenters. The van der Waals surface area contributed by atoms with Crippen molar-refractivity contribution in [2.75, 3.05) is 26.4 Å². The van der Waals surface area contributed by atoms with Gasteiger partial charge in [-0.1, -0.05) is 35.3 Å². The largest absolute Gasteiger partial charge is 0.493 e. The van der Waals surface area contributed by atoms with Crippen LogP contribution in [0.4, 0.5) is 0 Å². The standard InChI is InChI=1S/C19H27Cl2NO4/c1-4-16-12-17(25-10-7-18(20)21)11-14(2)19(16)26-9-6-5-8-24-13-15(3)22-23/h7,11-12,23H,4-6,8-10,13H2,1-3H3. The molecular formula is C19H27Cl2NO4. The Kier molecular flexibility index (Phi) is 11.2. The second-order valence-electron chi connectivity index (χ2n) is 5.83. The lowest BCUT2D eigenvalue weighted by molar-refractivity contribution is 0.157. The number of benzene rings is 1. The average molecular weight is 404 g/mol. The normalized spacial score (nSPS) is 11.3. The zero-order valence-corrected chi connectivity index (χ0v) is 17.1. The summed E-state index contributed by atoms with van der Waals surface area (Å²) in [4.78, 5) is 0. The van der Waals surface area contributed by atoms with E-state index in [4.69, 9.17) is 42.6 Å². The van der Waals surface area contributed by atoms with Gasteiger partial charge in [-0.15, -0.1) is 0 Å². The number of ether oxygens (including phenoxy) is 3. The van der Waals surface area contributed by atoms with Crippen molar-refractivity contribution in [1.82, 2.24) is 0 Å². The number of nitrogens with zero attached hydrogens (tertiary/aromatic N) is 1. The molecule has 0 spiro atoms. The summed E-state index contributed by atoms with van der Waals surface area (Å²) in [7, 11) is 0. The van der Waals surface area contributed by atoms with E-state index >= 15 is 0 Å². The monoisotopic (exact) mass is 403 g/mol. The van der Waals surface area contributed by atoms with Gasteiger partial charge in [0.15, 0.2) is 0 Å². The van der Waals surface area contributed by atoms with Gasteiger partial charge in [0.05, 0.1) is 18.9 Å². The molecule has 26 heavy (non-hydrogen) atoms. The summed E-state index contributed by atoms with van der Waals surface area (Å²) < 4.78 is 17.2. The molecular weight excluding hydrogens is 377 g/mol. The van der Waals surface area contributed by atoms with Crippen molar-refractivity contribution in [3.8, 4) is 11.5 Å². The van der Waals surface area contributed by atoms with E-state index in [2.05, 4.69) is 12.1 Å². The van der Waals surface area contributed by atoms with Gasteiger partial charge in [0.2, 0.25) is 0 Å². The summed E-state index contributed by atoms with van der Waals surface area (Å²) >= 11 is 11.2. The molecule has 0 fully saturated rings. The summed E-state index contributed by atoms with van der Waals surface area (Å²) in [6.07, 6.45) is 4.22. The van der Waals surface area contributed by atoms with Crippen molar-refractivity contribution >= 4 is 28.9 Å². The first-order chi connectivity index (χ1) is 12.5. The Morgan fingerprint density at radius 1 is 1.19 bits per heavy atom. The van der Waals surface area contributed by atoms with Crippen LogP contribution in [-0.4, -0.2) is 37.3 Å². The maximum Gasteiger partial charge on any atom is 0.125 e.